The van der Waals surface area contributed by atoms with E-state index >= 15 is 0 Å². The monoisotopic (exact) mass is 257 g/mol. The second-order valence-corrected chi connectivity index (χ2v) is 4.99. The summed E-state index contributed by atoms with van der Waals surface area (Å²) in [7, 11) is 0. The van der Waals surface area contributed by atoms with Crippen LogP contribution >= 0.6 is 0 Å². The van der Waals surface area contributed by atoms with E-state index in [9.17, 15) is 4.79 Å². The molecule has 0 aromatic heterocycles. The lowest BCUT2D eigenvalue weighted by molar-refractivity contribution is 0.0909. The first kappa shape index (κ1) is 13.6. The molecule has 0 saturated heterocycles. The summed E-state index contributed by atoms with van der Waals surface area (Å²) in [5.74, 6) is 6.00. The van der Waals surface area contributed by atoms with E-state index in [1.165, 1.54) is 19.3 Å². The van der Waals surface area contributed by atoms with Crippen LogP contribution in [0.15, 0.2) is 24.3 Å². The van der Waals surface area contributed by atoms with E-state index < -0.39 is 0 Å². The third-order valence-corrected chi connectivity index (χ3v) is 3.67. The Balaban J connectivity index is 1.95. The summed E-state index contributed by atoms with van der Waals surface area (Å²) in [5.41, 5.74) is 1.46. The maximum Gasteiger partial charge on any atom is 0.251 e. The van der Waals surface area contributed by atoms with E-state index in [0.717, 1.165) is 5.56 Å². The van der Waals surface area contributed by atoms with Crippen molar-refractivity contribution in [2.45, 2.75) is 32.2 Å². The van der Waals surface area contributed by atoms with E-state index in [-0.39, 0.29) is 18.6 Å². The number of amides is 1. The molecule has 0 bridgehead atoms. The van der Waals surface area contributed by atoms with Crippen LogP contribution in [0.2, 0.25) is 0 Å². The Bertz CT molecular complexity index is 492. The summed E-state index contributed by atoms with van der Waals surface area (Å²) in [4.78, 5) is 12.0. The molecule has 3 heteroatoms. The molecular formula is C16H19NO2. The van der Waals surface area contributed by atoms with Crippen LogP contribution in [-0.4, -0.2) is 23.7 Å². The SMILES string of the molecule is CC(NC(=O)c1ccc(C#CCO)cc1)C1CCC1. The number of nitrogens with one attached hydrogen (secondary N) is 1. The van der Waals surface area contributed by atoms with Crippen LogP contribution in [0.25, 0.3) is 0 Å². The standard InChI is InChI=1S/C16H19NO2/c1-12(14-5-2-6-14)17-16(19)15-9-7-13(8-10-15)4-3-11-18/h7-10,12,14,18H,2,5-6,11H2,1H3,(H,17,19). The summed E-state index contributed by atoms with van der Waals surface area (Å²) >= 11 is 0. The summed E-state index contributed by atoms with van der Waals surface area (Å²) < 4.78 is 0. The van der Waals surface area contributed by atoms with Crippen molar-refractivity contribution in [3.05, 3.63) is 35.4 Å². The zero-order valence-corrected chi connectivity index (χ0v) is 11.1. The molecule has 1 aliphatic carbocycles. The second kappa shape index (κ2) is 6.40. The van der Waals surface area contributed by atoms with Crippen molar-refractivity contribution in [1.82, 2.24) is 5.32 Å². The number of hydrogen-bond acceptors (Lipinski definition) is 2. The van der Waals surface area contributed by atoms with Crippen LogP contribution in [0.3, 0.4) is 0 Å². The van der Waals surface area contributed by atoms with Gasteiger partial charge in [0.25, 0.3) is 5.91 Å². The van der Waals surface area contributed by atoms with E-state index in [1.807, 2.05) is 0 Å². The summed E-state index contributed by atoms with van der Waals surface area (Å²) in [6.07, 6.45) is 3.72. The molecule has 0 radical (unpaired) electrons. The zero-order valence-electron chi connectivity index (χ0n) is 11.1. The van der Waals surface area contributed by atoms with Crippen molar-refractivity contribution < 1.29 is 9.90 Å². The molecule has 1 amide bonds. The molecule has 0 heterocycles. The highest BCUT2D eigenvalue weighted by Crippen LogP contribution is 2.29. The lowest BCUT2D eigenvalue weighted by Crippen LogP contribution is -2.40. The largest absolute Gasteiger partial charge is 0.384 e. The van der Waals surface area contributed by atoms with Crippen LogP contribution in [0.1, 0.15) is 42.1 Å². The molecule has 1 saturated carbocycles. The molecule has 19 heavy (non-hydrogen) atoms. The third kappa shape index (κ3) is 3.59. The average Bonchev–Trinajstić information content (AvgIpc) is 2.34. The van der Waals surface area contributed by atoms with Crippen molar-refractivity contribution in [2.75, 3.05) is 6.61 Å². The van der Waals surface area contributed by atoms with Crippen molar-refractivity contribution in [1.29, 1.82) is 0 Å². The molecule has 1 atom stereocenters. The molecular weight excluding hydrogens is 238 g/mol. The highest BCUT2D eigenvalue weighted by molar-refractivity contribution is 5.94. The molecule has 1 aromatic carbocycles. The van der Waals surface area contributed by atoms with Gasteiger partial charge in [-0.25, -0.2) is 0 Å². The molecule has 0 aliphatic heterocycles. The van der Waals surface area contributed by atoms with Gasteiger partial charge in [0.1, 0.15) is 6.61 Å². The van der Waals surface area contributed by atoms with Gasteiger partial charge in [-0.3, -0.25) is 4.79 Å². The Labute approximate surface area is 114 Å². The van der Waals surface area contributed by atoms with Gasteiger partial charge in [-0.05, 0) is 49.9 Å². The Morgan fingerprint density at radius 3 is 2.63 bits per heavy atom. The van der Waals surface area contributed by atoms with E-state index in [1.54, 1.807) is 24.3 Å². The quantitative estimate of drug-likeness (QED) is 0.813. The minimum Gasteiger partial charge on any atom is -0.384 e. The highest BCUT2D eigenvalue weighted by atomic mass is 16.2. The molecule has 0 spiro atoms. The number of aliphatic hydroxyl groups excluding tert-OH is 1. The van der Waals surface area contributed by atoms with E-state index in [4.69, 9.17) is 5.11 Å². The van der Waals surface area contributed by atoms with Gasteiger partial charge in [-0.2, -0.15) is 0 Å². The first-order chi connectivity index (χ1) is 9.20. The fourth-order valence-corrected chi connectivity index (χ4v) is 2.19. The molecule has 1 aromatic rings. The first-order valence-corrected chi connectivity index (χ1v) is 6.71. The molecule has 1 fully saturated rings. The Morgan fingerprint density at radius 2 is 2.11 bits per heavy atom. The Hall–Kier alpha value is -1.79. The number of carbonyl (C=O) groups is 1. The maximum absolute atomic E-state index is 12.0. The summed E-state index contributed by atoms with van der Waals surface area (Å²) in [6, 6.07) is 7.38. The van der Waals surface area contributed by atoms with Gasteiger partial charge in [0.05, 0.1) is 0 Å². The topological polar surface area (TPSA) is 49.3 Å². The van der Waals surface area contributed by atoms with Gasteiger partial charge in [0, 0.05) is 17.2 Å². The predicted octanol–water partition coefficient (Wildman–Crippen LogP) is 1.95. The van der Waals surface area contributed by atoms with Crippen LogP contribution in [0, 0.1) is 17.8 Å². The van der Waals surface area contributed by atoms with Gasteiger partial charge in [0.15, 0.2) is 0 Å². The van der Waals surface area contributed by atoms with Crippen LogP contribution < -0.4 is 5.32 Å². The van der Waals surface area contributed by atoms with Gasteiger partial charge >= 0.3 is 0 Å². The van der Waals surface area contributed by atoms with Gasteiger partial charge in [0.2, 0.25) is 0 Å². The Morgan fingerprint density at radius 1 is 1.42 bits per heavy atom. The molecule has 1 unspecified atom stereocenters. The first-order valence-electron chi connectivity index (χ1n) is 6.71. The number of rotatable bonds is 3. The van der Waals surface area contributed by atoms with E-state index in [0.29, 0.717) is 11.5 Å². The van der Waals surface area contributed by atoms with Gasteiger partial charge in [-0.15, -0.1) is 0 Å². The average molecular weight is 257 g/mol. The van der Waals surface area contributed by atoms with Crippen molar-refractivity contribution in [3.63, 3.8) is 0 Å². The van der Waals surface area contributed by atoms with Gasteiger partial charge in [-0.1, -0.05) is 18.3 Å². The fraction of sp³-hybridized carbons (Fsp3) is 0.438. The maximum atomic E-state index is 12.0. The fourth-order valence-electron chi connectivity index (χ4n) is 2.19. The molecule has 2 N–H and O–H groups in total. The predicted molar refractivity (Wildman–Crippen MR) is 74.7 cm³/mol. The summed E-state index contributed by atoms with van der Waals surface area (Å²) in [6.45, 7) is 1.92. The minimum atomic E-state index is -0.152. The van der Waals surface area contributed by atoms with Crippen LogP contribution in [0.4, 0.5) is 0 Å². The molecule has 3 nitrogen and oxygen atoms in total. The number of benzene rings is 1. The van der Waals surface area contributed by atoms with Crippen LogP contribution in [0.5, 0.6) is 0 Å². The van der Waals surface area contributed by atoms with Crippen molar-refractivity contribution in [2.24, 2.45) is 5.92 Å². The third-order valence-electron chi connectivity index (χ3n) is 3.67. The lowest BCUT2D eigenvalue weighted by atomic mass is 9.80. The number of carbonyl (C=O) groups excluding carboxylic acids is 1. The highest BCUT2D eigenvalue weighted by Gasteiger charge is 2.25. The summed E-state index contributed by atoms with van der Waals surface area (Å²) in [5, 5.41) is 11.7. The molecule has 1 aliphatic rings. The van der Waals surface area contributed by atoms with Crippen molar-refractivity contribution in [3.8, 4) is 11.8 Å². The number of aliphatic hydroxyl groups is 1. The van der Waals surface area contributed by atoms with Crippen LogP contribution in [-0.2, 0) is 0 Å². The second-order valence-electron chi connectivity index (χ2n) is 4.99. The Kier molecular flexibility index (Phi) is 4.59. The zero-order chi connectivity index (χ0) is 13.7. The molecule has 100 valence electrons. The number of hydrogen-bond donors (Lipinski definition) is 2. The smallest absolute Gasteiger partial charge is 0.251 e. The lowest BCUT2D eigenvalue weighted by Gasteiger charge is -2.31. The van der Waals surface area contributed by atoms with E-state index in [2.05, 4.69) is 24.1 Å². The normalized spacial score (nSPS) is 15.9. The molecule has 2 rings (SSSR count). The minimum absolute atomic E-state index is 0.0268. The van der Waals surface area contributed by atoms with Gasteiger partial charge < -0.3 is 10.4 Å². The van der Waals surface area contributed by atoms with Crippen molar-refractivity contribution >= 4 is 5.91 Å².